The first-order valence-electron chi connectivity index (χ1n) is 6.63. The second kappa shape index (κ2) is 4.97. The molecule has 3 aromatic rings. The van der Waals surface area contributed by atoms with Crippen LogP contribution in [0.1, 0.15) is 22.5 Å². The molecule has 1 N–H and O–H groups in total. The number of rotatable bonds is 2. The van der Waals surface area contributed by atoms with Crippen molar-refractivity contribution in [3.05, 3.63) is 78.0 Å². The molecule has 0 saturated heterocycles. The van der Waals surface area contributed by atoms with Crippen LogP contribution in [0.3, 0.4) is 0 Å². The molecule has 0 bridgehead atoms. The molecule has 0 fully saturated rings. The van der Waals surface area contributed by atoms with Gasteiger partial charge in [-0.15, -0.1) is 0 Å². The summed E-state index contributed by atoms with van der Waals surface area (Å²) in [6.07, 6.45) is 0.878. The molecule has 3 rings (SSSR count). The maximum atomic E-state index is 10.0. The van der Waals surface area contributed by atoms with Crippen molar-refractivity contribution < 1.29 is 5.11 Å². The minimum Gasteiger partial charge on any atom is -0.505 e. The molecule has 0 saturated carbocycles. The van der Waals surface area contributed by atoms with Gasteiger partial charge < -0.3 is 5.11 Å². The Labute approximate surface area is 118 Å². The molecule has 2 aromatic carbocycles. The number of hydrogen-bond acceptors (Lipinski definition) is 2. The third-order valence-corrected chi connectivity index (χ3v) is 3.56. The number of benzene rings is 2. The van der Waals surface area contributed by atoms with Crippen molar-refractivity contribution in [2.45, 2.75) is 13.3 Å². The predicted molar refractivity (Wildman–Crippen MR) is 81.9 cm³/mol. The molecule has 1 aromatic heterocycles. The van der Waals surface area contributed by atoms with Gasteiger partial charge in [-0.25, -0.2) is 0 Å². The van der Waals surface area contributed by atoms with Crippen molar-refractivity contribution in [1.29, 1.82) is 0 Å². The smallest absolute Gasteiger partial charge is 0.144 e. The highest BCUT2D eigenvalue weighted by Gasteiger charge is 2.08. The maximum Gasteiger partial charge on any atom is 0.144 e. The summed E-state index contributed by atoms with van der Waals surface area (Å²) >= 11 is 0. The van der Waals surface area contributed by atoms with Crippen LogP contribution in [0.4, 0.5) is 0 Å². The van der Waals surface area contributed by atoms with E-state index in [2.05, 4.69) is 30.1 Å². The summed E-state index contributed by atoms with van der Waals surface area (Å²) in [5, 5.41) is 11.8. The largest absolute Gasteiger partial charge is 0.505 e. The third-order valence-electron chi connectivity index (χ3n) is 3.56. The minimum atomic E-state index is 0.178. The molecule has 0 aliphatic rings. The van der Waals surface area contributed by atoms with Crippen molar-refractivity contribution in [3.8, 4) is 5.75 Å². The van der Waals surface area contributed by atoms with Gasteiger partial charge in [0.05, 0.1) is 5.69 Å². The Morgan fingerprint density at radius 2 is 1.75 bits per heavy atom. The lowest BCUT2D eigenvalue weighted by molar-refractivity contribution is 0.476. The zero-order chi connectivity index (χ0) is 14.1. The average Bonchev–Trinajstić information content (AvgIpc) is 2.46. The molecule has 0 unspecified atom stereocenters. The first kappa shape index (κ1) is 12.7. The van der Waals surface area contributed by atoms with Gasteiger partial charge in [0.2, 0.25) is 0 Å². The lowest BCUT2D eigenvalue weighted by Gasteiger charge is -2.09. The molecule has 0 spiro atoms. The lowest BCUT2D eigenvalue weighted by Crippen LogP contribution is -1.93. The zero-order valence-corrected chi connectivity index (χ0v) is 11.4. The molecule has 2 nitrogen and oxygen atoms in total. The van der Waals surface area contributed by atoms with E-state index >= 15 is 0 Å². The Kier molecular flexibility index (Phi) is 3.15. The Hall–Kier alpha value is -2.35. The number of aromatic hydroxyl groups is 1. The fourth-order valence-electron chi connectivity index (χ4n) is 2.51. The molecule has 0 amide bonds. The topological polar surface area (TPSA) is 33.1 Å². The van der Waals surface area contributed by atoms with Gasteiger partial charge in [0.1, 0.15) is 5.75 Å². The fourth-order valence-corrected chi connectivity index (χ4v) is 2.51. The van der Waals surface area contributed by atoms with E-state index < -0.39 is 0 Å². The van der Waals surface area contributed by atoms with Crippen LogP contribution in [0, 0.1) is 13.8 Å². The summed E-state index contributed by atoms with van der Waals surface area (Å²) in [5.74, 6) is 0.178. The van der Waals surface area contributed by atoms with E-state index in [-0.39, 0.29) is 5.75 Å². The van der Waals surface area contributed by atoms with Gasteiger partial charge in [-0.2, -0.15) is 0 Å². The lowest BCUT2D eigenvalue weighted by atomic mass is 10.00. The summed E-state index contributed by atoms with van der Waals surface area (Å²) in [6, 6.07) is 16.4. The molecule has 1 radical (unpaired) electrons. The molecule has 0 atom stereocenters. The van der Waals surface area contributed by atoms with Gasteiger partial charge in [0.15, 0.2) is 0 Å². The predicted octanol–water partition coefficient (Wildman–Crippen LogP) is 4.02. The van der Waals surface area contributed by atoms with E-state index in [1.807, 2.05) is 37.3 Å². The van der Waals surface area contributed by atoms with E-state index in [0.29, 0.717) is 5.69 Å². The van der Waals surface area contributed by atoms with Crippen molar-refractivity contribution in [3.63, 3.8) is 0 Å². The van der Waals surface area contributed by atoms with Crippen molar-refractivity contribution in [1.82, 2.24) is 4.98 Å². The number of hydrogen-bond donors (Lipinski definition) is 1. The van der Waals surface area contributed by atoms with Gasteiger partial charge in [0.25, 0.3) is 0 Å². The zero-order valence-electron chi connectivity index (χ0n) is 11.4. The first-order chi connectivity index (χ1) is 9.65. The van der Waals surface area contributed by atoms with E-state index in [9.17, 15) is 5.11 Å². The van der Waals surface area contributed by atoms with Crippen LogP contribution >= 0.6 is 0 Å². The Balaban J connectivity index is 2.07. The van der Waals surface area contributed by atoms with E-state index in [1.54, 1.807) is 0 Å². The van der Waals surface area contributed by atoms with Crippen molar-refractivity contribution >= 4 is 10.8 Å². The Morgan fingerprint density at radius 3 is 2.50 bits per heavy atom. The first-order valence-corrected chi connectivity index (χ1v) is 6.63. The average molecular weight is 262 g/mol. The van der Waals surface area contributed by atoms with E-state index in [4.69, 9.17) is 0 Å². The molecule has 0 aliphatic carbocycles. The van der Waals surface area contributed by atoms with Gasteiger partial charge >= 0.3 is 0 Å². The molecular weight excluding hydrogens is 246 g/mol. The summed E-state index contributed by atoms with van der Waals surface area (Å²) in [6.45, 7) is 5.71. The highest BCUT2D eigenvalue weighted by atomic mass is 16.3. The maximum absolute atomic E-state index is 10.0. The standard InChI is InChI=1S/C18H16NO/c1-12-17-11-15(10-14-6-4-3-5-7-14)8-9-16(17)18(20)13(2)19-12/h3-9,11,20H,2,10H2,1H3. The molecule has 99 valence electrons. The molecular formula is C18H16NO. The number of fused-ring (bicyclic) bond motifs is 1. The molecule has 2 heteroatoms. The fraction of sp³-hybridized carbons (Fsp3) is 0.111. The van der Waals surface area contributed by atoms with Gasteiger partial charge in [-0.05, 0) is 37.5 Å². The second-order valence-electron chi connectivity index (χ2n) is 5.03. The van der Waals surface area contributed by atoms with Crippen LogP contribution in [-0.4, -0.2) is 10.1 Å². The summed E-state index contributed by atoms with van der Waals surface area (Å²) in [7, 11) is 0. The second-order valence-corrected chi connectivity index (χ2v) is 5.03. The normalized spacial score (nSPS) is 10.9. The Morgan fingerprint density at radius 1 is 1.00 bits per heavy atom. The summed E-state index contributed by atoms with van der Waals surface area (Å²) in [4.78, 5) is 4.29. The molecule has 1 heterocycles. The van der Waals surface area contributed by atoms with Crippen molar-refractivity contribution in [2.24, 2.45) is 0 Å². The Bertz CT molecular complexity index is 763. The number of aryl methyl sites for hydroxylation is 1. The van der Waals surface area contributed by atoms with Gasteiger partial charge in [-0.3, -0.25) is 4.98 Å². The monoisotopic (exact) mass is 262 g/mol. The molecule has 0 aliphatic heterocycles. The van der Waals surface area contributed by atoms with Crippen LogP contribution in [0.2, 0.25) is 0 Å². The summed E-state index contributed by atoms with van der Waals surface area (Å²) in [5.41, 5.74) is 3.82. The van der Waals surface area contributed by atoms with Crippen LogP contribution in [-0.2, 0) is 6.42 Å². The van der Waals surface area contributed by atoms with Crippen LogP contribution < -0.4 is 0 Å². The van der Waals surface area contributed by atoms with Crippen LogP contribution in [0.25, 0.3) is 10.8 Å². The molecule has 20 heavy (non-hydrogen) atoms. The third kappa shape index (κ3) is 2.25. The SMILES string of the molecule is [CH2]c1nc(C)c2cc(Cc3ccccc3)ccc2c1O. The number of nitrogens with zero attached hydrogens (tertiary/aromatic N) is 1. The number of pyridine rings is 1. The van der Waals surface area contributed by atoms with E-state index in [0.717, 1.165) is 22.9 Å². The van der Waals surface area contributed by atoms with Crippen LogP contribution in [0.5, 0.6) is 5.75 Å². The summed E-state index contributed by atoms with van der Waals surface area (Å²) < 4.78 is 0. The minimum absolute atomic E-state index is 0.178. The quantitative estimate of drug-likeness (QED) is 0.756. The highest BCUT2D eigenvalue weighted by molar-refractivity contribution is 5.91. The van der Waals surface area contributed by atoms with Crippen LogP contribution in [0.15, 0.2) is 48.5 Å². The van der Waals surface area contributed by atoms with Gasteiger partial charge in [-0.1, -0.05) is 42.5 Å². The van der Waals surface area contributed by atoms with Crippen molar-refractivity contribution in [2.75, 3.05) is 0 Å². The highest BCUT2D eigenvalue weighted by Crippen LogP contribution is 2.30. The van der Waals surface area contributed by atoms with Gasteiger partial charge in [0, 0.05) is 16.5 Å². The number of aromatic nitrogens is 1. The van der Waals surface area contributed by atoms with E-state index in [1.165, 1.54) is 11.1 Å².